The van der Waals surface area contributed by atoms with E-state index in [-0.39, 0.29) is 12.0 Å². The zero-order valence-corrected chi connectivity index (χ0v) is 10.7. The van der Waals surface area contributed by atoms with Crippen LogP contribution in [0.15, 0.2) is 18.2 Å². The third-order valence-corrected chi connectivity index (χ3v) is 2.59. The van der Waals surface area contributed by atoms with Gasteiger partial charge in [0.2, 0.25) is 0 Å². The summed E-state index contributed by atoms with van der Waals surface area (Å²) >= 11 is 0. The van der Waals surface area contributed by atoms with Crippen molar-refractivity contribution in [2.75, 3.05) is 14.2 Å². The van der Waals surface area contributed by atoms with E-state index in [0.717, 1.165) is 16.9 Å². The second-order valence-electron chi connectivity index (χ2n) is 3.94. The van der Waals surface area contributed by atoms with Crippen LogP contribution in [-0.2, 0) is 16.1 Å². The lowest BCUT2D eigenvalue weighted by Crippen LogP contribution is -2.34. The van der Waals surface area contributed by atoms with Crippen LogP contribution in [0.2, 0.25) is 0 Å². The van der Waals surface area contributed by atoms with Gasteiger partial charge in [-0.25, -0.2) is 0 Å². The van der Waals surface area contributed by atoms with Crippen LogP contribution in [0.3, 0.4) is 0 Å². The average Bonchev–Trinajstić information content (AvgIpc) is 2.35. The van der Waals surface area contributed by atoms with E-state index >= 15 is 0 Å². The van der Waals surface area contributed by atoms with E-state index in [2.05, 4.69) is 10.1 Å². The first kappa shape index (κ1) is 13.5. The molecule has 1 unspecified atom stereocenters. The first-order valence-electron chi connectivity index (χ1n) is 5.53. The van der Waals surface area contributed by atoms with Crippen LogP contribution in [0.5, 0.6) is 5.75 Å². The predicted molar refractivity (Wildman–Crippen MR) is 66.0 cm³/mol. The summed E-state index contributed by atoms with van der Waals surface area (Å²) in [5, 5.41) is 3.10. The molecular formula is C13H19NO3. The van der Waals surface area contributed by atoms with E-state index in [1.165, 1.54) is 7.11 Å². The molecule has 0 radical (unpaired) electrons. The van der Waals surface area contributed by atoms with Crippen molar-refractivity contribution < 1.29 is 14.3 Å². The van der Waals surface area contributed by atoms with Gasteiger partial charge in [0.05, 0.1) is 14.2 Å². The summed E-state index contributed by atoms with van der Waals surface area (Å²) in [7, 11) is 3.02. The molecule has 1 aromatic carbocycles. The molecule has 4 nitrogen and oxygen atoms in total. The number of benzene rings is 1. The molecule has 0 amide bonds. The van der Waals surface area contributed by atoms with Gasteiger partial charge in [-0.15, -0.1) is 0 Å². The molecule has 0 aromatic heterocycles. The Labute approximate surface area is 102 Å². The van der Waals surface area contributed by atoms with E-state index in [9.17, 15) is 4.79 Å². The Bertz CT molecular complexity index is 390. The fourth-order valence-electron chi connectivity index (χ4n) is 1.57. The minimum absolute atomic E-state index is 0.267. The minimum atomic E-state index is -0.329. The Hall–Kier alpha value is -1.55. The summed E-state index contributed by atoms with van der Waals surface area (Å²) in [6.07, 6.45) is 0. The number of hydrogen-bond acceptors (Lipinski definition) is 4. The zero-order chi connectivity index (χ0) is 12.8. The standard InChI is InChI=1S/C13H19NO3/c1-9-5-6-12(16-3)11(7-9)8-14-10(2)13(15)17-4/h5-7,10,14H,8H2,1-4H3. The number of methoxy groups -OCH3 is 2. The van der Waals surface area contributed by atoms with E-state index in [1.807, 2.05) is 25.1 Å². The molecule has 0 heterocycles. The van der Waals surface area contributed by atoms with Crippen molar-refractivity contribution in [2.24, 2.45) is 0 Å². The van der Waals surface area contributed by atoms with Crippen molar-refractivity contribution in [3.05, 3.63) is 29.3 Å². The quantitative estimate of drug-likeness (QED) is 0.791. The number of hydrogen-bond donors (Lipinski definition) is 1. The lowest BCUT2D eigenvalue weighted by molar-refractivity contribution is -0.142. The number of aryl methyl sites for hydroxylation is 1. The fourth-order valence-corrected chi connectivity index (χ4v) is 1.57. The van der Waals surface area contributed by atoms with Gasteiger partial charge in [-0.05, 0) is 19.9 Å². The van der Waals surface area contributed by atoms with Gasteiger partial charge < -0.3 is 14.8 Å². The molecule has 0 bridgehead atoms. The van der Waals surface area contributed by atoms with E-state index < -0.39 is 0 Å². The maximum atomic E-state index is 11.2. The van der Waals surface area contributed by atoms with Gasteiger partial charge in [0.15, 0.2) is 0 Å². The molecule has 0 saturated heterocycles. The maximum absolute atomic E-state index is 11.2. The summed E-state index contributed by atoms with van der Waals surface area (Å²) in [4.78, 5) is 11.2. The first-order valence-corrected chi connectivity index (χ1v) is 5.53. The van der Waals surface area contributed by atoms with E-state index in [4.69, 9.17) is 4.74 Å². The normalized spacial score (nSPS) is 12.0. The molecule has 0 aliphatic rings. The Kier molecular flexibility index (Phi) is 4.97. The lowest BCUT2D eigenvalue weighted by atomic mass is 10.1. The van der Waals surface area contributed by atoms with Crippen molar-refractivity contribution in [3.8, 4) is 5.75 Å². The molecule has 0 aliphatic carbocycles. The highest BCUT2D eigenvalue weighted by Gasteiger charge is 2.13. The number of rotatable bonds is 5. The van der Waals surface area contributed by atoms with Gasteiger partial charge in [0, 0.05) is 12.1 Å². The predicted octanol–water partition coefficient (Wildman–Crippen LogP) is 1.65. The number of carbonyl (C=O) groups is 1. The molecule has 17 heavy (non-hydrogen) atoms. The van der Waals surface area contributed by atoms with Gasteiger partial charge in [0.25, 0.3) is 0 Å². The summed E-state index contributed by atoms with van der Waals surface area (Å²) in [5.41, 5.74) is 2.19. The van der Waals surface area contributed by atoms with Crippen LogP contribution in [0.4, 0.5) is 0 Å². The number of nitrogens with one attached hydrogen (secondary N) is 1. The number of carbonyl (C=O) groups excluding carboxylic acids is 1. The van der Waals surface area contributed by atoms with Crippen molar-refractivity contribution >= 4 is 5.97 Å². The highest BCUT2D eigenvalue weighted by atomic mass is 16.5. The second kappa shape index (κ2) is 6.25. The second-order valence-corrected chi connectivity index (χ2v) is 3.94. The third kappa shape index (κ3) is 3.75. The largest absolute Gasteiger partial charge is 0.496 e. The third-order valence-electron chi connectivity index (χ3n) is 2.59. The Balaban J connectivity index is 2.68. The molecule has 1 aromatic rings. The lowest BCUT2D eigenvalue weighted by Gasteiger charge is -2.14. The number of ether oxygens (including phenoxy) is 2. The highest BCUT2D eigenvalue weighted by molar-refractivity contribution is 5.75. The molecular weight excluding hydrogens is 218 g/mol. The monoisotopic (exact) mass is 237 g/mol. The summed E-state index contributed by atoms with van der Waals surface area (Å²) in [6.45, 7) is 4.36. The Morgan fingerprint density at radius 1 is 1.41 bits per heavy atom. The molecule has 4 heteroatoms. The zero-order valence-electron chi connectivity index (χ0n) is 10.7. The van der Waals surface area contributed by atoms with Crippen LogP contribution in [0, 0.1) is 6.92 Å². The molecule has 0 fully saturated rings. The van der Waals surface area contributed by atoms with Gasteiger partial charge in [0.1, 0.15) is 11.8 Å². The minimum Gasteiger partial charge on any atom is -0.496 e. The van der Waals surface area contributed by atoms with Crippen LogP contribution < -0.4 is 10.1 Å². The van der Waals surface area contributed by atoms with Crippen LogP contribution in [0.1, 0.15) is 18.1 Å². The van der Waals surface area contributed by atoms with E-state index in [1.54, 1.807) is 14.0 Å². The topological polar surface area (TPSA) is 47.6 Å². The summed E-state index contributed by atoms with van der Waals surface area (Å²) in [6, 6.07) is 5.63. The van der Waals surface area contributed by atoms with Gasteiger partial charge in [-0.1, -0.05) is 17.7 Å². The average molecular weight is 237 g/mol. The van der Waals surface area contributed by atoms with Crippen molar-refractivity contribution in [2.45, 2.75) is 26.4 Å². The van der Waals surface area contributed by atoms with Crippen molar-refractivity contribution in [3.63, 3.8) is 0 Å². The molecule has 94 valence electrons. The molecule has 1 N–H and O–H groups in total. The number of esters is 1. The molecule has 1 rings (SSSR count). The van der Waals surface area contributed by atoms with Gasteiger partial charge >= 0.3 is 5.97 Å². The highest BCUT2D eigenvalue weighted by Crippen LogP contribution is 2.19. The molecule has 0 aliphatic heterocycles. The fraction of sp³-hybridized carbons (Fsp3) is 0.462. The van der Waals surface area contributed by atoms with Crippen LogP contribution in [-0.4, -0.2) is 26.2 Å². The first-order chi connectivity index (χ1) is 8.08. The molecule has 0 spiro atoms. The van der Waals surface area contributed by atoms with Crippen molar-refractivity contribution in [1.82, 2.24) is 5.32 Å². The maximum Gasteiger partial charge on any atom is 0.322 e. The molecule has 1 atom stereocenters. The summed E-state index contributed by atoms with van der Waals surface area (Å²) in [5.74, 6) is 0.553. The van der Waals surface area contributed by atoms with Crippen molar-refractivity contribution in [1.29, 1.82) is 0 Å². The van der Waals surface area contributed by atoms with Crippen LogP contribution in [0.25, 0.3) is 0 Å². The van der Waals surface area contributed by atoms with Crippen LogP contribution >= 0.6 is 0 Å². The smallest absolute Gasteiger partial charge is 0.322 e. The van der Waals surface area contributed by atoms with Gasteiger partial charge in [-0.2, -0.15) is 0 Å². The SMILES string of the molecule is COC(=O)C(C)NCc1cc(C)ccc1OC. The summed E-state index contributed by atoms with van der Waals surface area (Å²) < 4.78 is 9.91. The Morgan fingerprint density at radius 2 is 2.12 bits per heavy atom. The Morgan fingerprint density at radius 3 is 2.71 bits per heavy atom. The van der Waals surface area contributed by atoms with Gasteiger partial charge in [-0.3, -0.25) is 4.79 Å². The molecule has 0 saturated carbocycles. The van der Waals surface area contributed by atoms with E-state index in [0.29, 0.717) is 6.54 Å².